The molecule has 1 amide bonds. The standard InChI is InChI=1S/C21H23Cl2N3O2/c1-14(24-15(2)27)13-26-20-8-7-18(28-10-4-9-22)12-19(20)25-21(26)16-5-3-6-17(23)11-16/h3,5-8,11-12,14H,4,9-10,13H2,1-2H3,(H,24,27). The van der Waals surface area contributed by atoms with E-state index in [2.05, 4.69) is 9.88 Å². The van der Waals surface area contributed by atoms with Crippen molar-refractivity contribution in [1.29, 1.82) is 0 Å². The smallest absolute Gasteiger partial charge is 0.217 e. The average molecular weight is 420 g/mol. The van der Waals surface area contributed by atoms with Crippen LogP contribution in [0, 0.1) is 0 Å². The predicted octanol–water partition coefficient (Wildman–Crippen LogP) is 4.89. The summed E-state index contributed by atoms with van der Waals surface area (Å²) in [6.07, 6.45) is 0.788. The lowest BCUT2D eigenvalue weighted by Gasteiger charge is -2.16. The minimum atomic E-state index is -0.0591. The summed E-state index contributed by atoms with van der Waals surface area (Å²) in [4.78, 5) is 16.3. The summed E-state index contributed by atoms with van der Waals surface area (Å²) >= 11 is 11.9. The summed E-state index contributed by atoms with van der Waals surface area (Å²) in [6.45, 7) is 4.64. The van der Waals surface area contributed by atoms with Crippen molar-refractivity contribution in [3.63, 3.8) is 0 Å². The van der Waals surface area contributed by atoms with Crippen LogP contribution in [0.2, 0.25) is 5.02 Å². The van der Waals surface area contributed by atoms with E-state index in [9.17, 15) is 4.79 Å². The van der Waals surface area contributed by atoms with Gasteiger partial charge >= 0.3 is 0 Å². The summed E-state index contributed by atoms with van der Waals surface area (Å²) in [6, 6.07) is 13.4. The molecule has 148 valence electrons. The molecule has 0 fully saturated rings. The molecule has 5 nitrogen and oxygen atoms in total. The number of amides is 1. The highest BCUT2D eigenvalue weighted by atomic mass is 35.5. The molecule has 1 heterocycles. The summed E-state index contributed by atoms with van der Waals surface area (Å²) in [5, 5.41) is 3.58. The van der Waals surface area contributed by atoms with E-state index in [1.807, 2.05) is 49.4 Å². The van der Waals surface area contributed by atoms with Crippen molar-refractivity contribution in [3.8, 4) is 17.1 Å². The Balaban J connectivity index is 2.02. The molecule has 1 unspecified atom stereocenters. The predicted molar refractivity (Wildman–Crippen MR) is 114 cm³/mol. The van der Waals surface area contributed by atoms with Gasteiger partial charge in [-0.3, -0.25) is 4.79 Å². The summed E-state index contributed by atoms with van der Waals surface area (Å²) in [5.74, 6) is 2.07. The fraction of sp³-hybridized carbons (Fsp3) is 0.333. The highest BCUT2D eigenvalue weighted by Gasteiger charge is 2.16. The first kappa shape index (κ1) is 20.5. The maximum Gasteiger partial charge on any atom is 0.217 e. The molecule has 1 aromatic heterocycles. The van der Waals surface area contributed by atoms with Crippen LogP contribution in [-0.4, -0.2) is 34.0 Å². The fourth-order valence-electron chi connectivity index (χ4n) is 3.14. The number of benzene rings is 2. The number of ether oxygens (including phenoxy) is 1. The molecule has 0 radical (unpaired) electrons. The Labute approximate surface area is 174 Å². The number of nitrogens with one attached hydrogen (secondary N) is 1. The van der Waals surface area contributed by atoms with Gasteiger partial charge in [0.15, 0.2) is 0 Å². The third-order valence-corrected chi connectivity index (χ3v) is 4.76. The fourth-order valence-corrected chi connectivity index (χ4v) is 3.44. The Morgan fingerprint density at radius 3 is 2.82 bits per heavy atom. The Morgan fingerprint density at radius 2 is 2.11 bits per heavy atom. The van der Waals surface area contributed by atoms with Crippen LogP contribution in [0.5, 0.6) is 5.75 Å². The van der Waals surface area contributed by atoms with Gasteiger partial charge in [0.25, 0.3) is 0 Å². The quantitative estimate of drug-likeness (QED) is 0.417. The van der Waals surface area contributed by atoms with E-state index < -0.39 is 0 Å². The first-order valence-corrected chi connectivity index (χ1v) is 10.1. The van der Waals surface area contributed by atoms with Gasteiger partial charge in [0.1, 0.15) is 11.6 Å². The van der Waals surface area contributed by atoms with Crippen LogP contribution >= 0.6 is 23.2 Å². The summed E-state index contributed by atoms with van der Waals surface area (Å²) in [7, 11) is 0. The zero-order valence-electron chi connectivity index (χ0n) is 15.9. The zero-order valence-corrected chi connectivity index (χ0v) is 17.4. The highest BCUT2D eigenvalue weighted by Crippen LogP contribution is 2.29. The van der Waals surface area contributed by atoms with Crippen LogP contribution in [0.1, 0.15) is 20.3 Å². The lowest BCUT2D eigenvalue weighted by atomic mass is 10.2. The number of imidazole rings is 1. The van der Waals surface area contributed by atoms with E-state index in [1.54, 1.807) is 0 Å². The minimum Gasteiger partial charge on any atom is -0.493 e. The molecule has 3 aromatic rings. The number of fused-ring (bicyclic) bond motifs is 1. The van der Waals surface area contributed by atoms with Crippen LogP contribution in [0.15, 0.2) is 42.5 Å². The van der Waals surface area contributed by atoms with E-state index in [1.165, 1.54) is 6.92 Å². The molecule has 2 aromatic carbocycles. The van der Waals surface area contributed by atoms with Crippen molar-refractivity contribution in [2.24, 2.45) is 0 Å². The number of halogens is 2. The van der Waals surface area contributed by atoms with Gasteiger partial charge in [0, 0.05) is 42.0 Å². The number of rotatable bonds is 8. The lowest BCUT2D eigenvalue weighted by Crippen LogP contribution is -2.34. The number of hydrogen-bond donors (Lipinski definition) is 1. The maximum atomic E-state index is 11.4. The van der Waals surface area contributed by atoms with Gasteiger partial charge in [-0.15, -0.1) is 11.6 Å². The van der Waals surface area contributed by atoms with Gasteiger partial charge in [0.05, 0.1) is 17.6 Å². The molecule has 0 aliphatic heterocycles. The molecule has 0 aliphatic rings. The van der Waals surface area contributed by atoms with Gasteiger partial charge in [-0.25, -0.2) is 4.98 Å². The normalized spacial score (nSPS) is 12.1. The second kappa shape index (κ2) is 9.30. The molecule has 1 atom stereocenters. The largest absolute Gasteiger partial charge is 0.493 e. The number of carbonyl (C=O) groups excluding carboxylic acids is 1. The Bertz CT molecular complexity index is 971. The zero-order chi connectivity index (χ0) is 20.1. The molecule has 1 N–H and O–H groups in total. The Kier molecular flexibility index (Phi) is 6.81. The number of nitrogens with zero attached hydrogens (tertiary/aromatic N) is 2. The topological polar surface area (TPSA) is 56.2 Å². The van der Waals surface area contributed by atoms with Crippen molar-refractivity contribution in [3.05, 3.63) is 47.5 Å². The maximum absolute atomic E-state index is 11.4. The summed E-state index contributed by atoms with van der Waals surface area (Å²) in [5.41, 5.74) is 2.72. The van der Waals surface area contributed by atoms with Gasteiger partial charge in [0.2, 0.25) is 5.91 Å². The average Bonchev–Trinajstić information content (AvgIpc) is 2.99. The van der Waals surface area contributed by atoms with Crippen molar-refractivity contribution >= 4 is 40.1 Å². The highest BCUT2D eigenvalue weighted by molar-refractivity contribution is 6.30. The van der Waals surface area contributed by atoms with E-state index in [0.29, 0.717) is 24.1 Å². The number of alkyl halides is 1. The molecule has 0 saturated heterocycles. The first-order chi connectivity index (χ1) is 13.5. The van der Waals surface area contributed by atoms with Crippen molar-refractivity contribution < 1.29 is 9.53 Å². The van der Waals surface area contributed by atoms with E-state index >= 15 is 0 Å². The minimum absolute atomic E-state index is 0.0486. The summed E-state index contributed by atoms with van der Waals surface area (Å²) < 4.78 is 7.85. The molecule has 3 rings (SSSR count). The molecule has 28 heavy (non-hydrogen) atoms. The third-order valence-electron chi connectivity index (χ3n) is 4.26. The first-order valence-electron chi connectivity index (χ1n) is 9.20. The number of hydrogen-bond acceptors (Lipinski definition) is 3. The number of aromatic nitrogens is 2. The van der Waals surface area contributed by atoms with Gasteiger partial charge in [-0.1, -0.05) is 23.7 Å². The monoisotopic (exact) mass is 419 g/mol. The molecule has 0 spiro atoms. The lowest BCUT2D eigenvalue weighted by molar-refractivity contribution is -0.119. The van der Waals surface area contributed by atoms with Crippen molar-refractivity contribution in [1.82, 2.24) is 14.9 Å². The van der Waals surface area contributed by atoms with Gasteiger partial charge in [-0.05, 0) is 37.6 Å². The number of carbonyl (C=O) groups is 1. The van der Waals surface area contributed by atoms with E-state index in [4.69, 9.17) is 32.9 Å². The molecule has 0 aliphatic carbocycles. The molecular formula is C21H23Cl2N3O2. The van der Waals surface area contributed by atoms with Gasteiger partial charge in [-0.2, -0.15) is 0 Å². The molecule has 7 heteroatoms. The Morgan fingerprint density at radius 1 is 1.29 bits per heavy atom. The van der Waals surface area contributed by atoms with Crippen molar-refractivity contribution in [2.75, 3.05) is 12.5 Å². The Hall–Kier alpha value is -2.24. The SMILES string of the molecule is CC(=O)NC(C)Cn1c(-c2cccc(Cl)c2)nc2cc(OCCCCl)ccc21. The second-order valence-corrected chi connectivity index (χ2v) is 7.51. The molecular weight excluding hydrogens is 397 g/mol. The molecule has 0 saturated carbocycles. The molecule has 0 bridgehead atoms. The van der Waals surface area contributed by atoms with E-state index in [-0.39, 0.29) is 11.9 Å². The van der Waals surface area contributed by atoms with Crippen LogP contribution in [0.25, 0.3) is 22.4 Å². The third kappa shape index (κ3) is 4.97. The van der Waals surface area contributed by atoms with E-state index in [0.717, 1.165) is 34.6 Å². The van der Waals surface area contributed by atoms with Crippen LogP contribution in [-0.2, 0) is 11.3 Å². The van der Waals surface area contributed by atoms with Crippen LogP contribution < -0.4 is 10.1 Å². The second-order valence-electron chi connectivity index (χ2n) is 6.70. The van der Waals surface area contributed by atoms with Crippen LogP contribution in [0.4, 0.5) is 0 Å². The van der Waals surface area contributed by atoms with Gasteiger partial charge < -0.3 is 14.6 Å². The van der Waals surface area contributed by atoms with Crippen molar-refractivity contribution in [2.45, 2.75) is 32.9 Å². The van der Waals surface area contributed by atoms with Crippen LogP contribution in [0.3, 0.4) is 0 Å².